The number of carboxylic acids is 1. The molecule has 0 aliphatic carbocycles. The van der Waals surface area contributed by atoms with Gasteiger partial charge < -0.3 is 5.11 Å². The molecule has 3 heteroatoms. The molecule has 0 spiro atoms. The number of aliphatic carboxylic acids is 1. The summed E-state index contributed by atoms with van der Waals surface area (Å²) in [5.41, 5.74) is 0.211. The summed E-state index contributed by atoms with van der Waals surface area (Å²) in [6, 6.07) is 7.08. The normalized spacial score (nSPS) is 11.2. The number of hydrogen-bond donors (Lipinski definition) is 1. The number of hydrogen-bond acceptors (Lipinski definition) is 2. The Balaban J connectivity index is 3.01. The van der Waals surface area contributed by atoms with Crippen LogP contribution < -0.4 is 0 Å². The molecule has 86 valence electrons. The van der Waals surface area contributed by atoms with Gasteiger partial charge in [-0.2, -0.15) is 0 Å². The molecule has 1 aromatic rings. The van der Waals surface area contributed by atoms with E-state index in [1.165, 1.54) is 13.8 Å². The molecule has 1 rings (SSSR count). The zero-order valence-electron chi connectivity index (χ0n) is 9.78. The highest BCUT2D eigenvalue weighted by Crippen LogP contribution is 2.22. The molecule has 0 unspecified atom stereocenters. The van der Waals surface area contributed by atoms with Crippen molar-refractivity contribution in [2.45, 2.75) is 27.2 Å². The summed E-state index contributed by atoms with van der Waals surface area (Å²) in [6.07, 6.45) is 0.900. The average Bonchev–Trinajstić information content (AvgIpc) is 2.28. The molecule has 1 N–H and O–H groups in total. The van der Waals surface area contributed by atoms with Crippen molar-refractivity contribution in [1.29, 1.82) is 0 Å². The molecule has 3 nitrogen and oxygen atoms in total. The molecule has 0 amide bonds. The average molecular weight is 220 g/mol. The summed E-state index contributed by atoms with van der Waals surface area (Å²) in [5, 5.41) is 8.95. The van der Waals surface area contributed by atoms with E-state index in [1.807, 2.05) is 19.1 Å². The molecule has 0 aliphatic rings. The maximum absolute atomic E-state index is 11.9. The maximum Gasteiger partial charge on any atom is 0.316 e. The first kappa shape index (κ1) is 12.4. The second-order valence-corrected chi connectivity index (χ2v) is 4.31. The fourth-order valence-corrected chi connectivity index (χ4v) is 1.35. The highest BCUT2D eigenvalue weighted by Gasteiger charge is 2.36. The Morgan fingerprint density at radius 3 is 2.06 bits per heavy atom. The standard InChI is InChI=1S/C13H16O3/c1-4-9-5-7-10(8-6-9)11(14)13(2,3)12(15)16/h5-8H,4H2,1-3H3,(H,15,16). The van der Waals surface area contributed by atoms with Crippen LogP contribution in [-0.4, -0.2) is 16.9 Å². The van der Waals surface area contributed by atoms with Gasteiger partial charge >= 0.3 is 5.97 Å². The third kappa shape index (κ3) is 2.30. The maximum atomic E-state index is 11.9. The Bertz CT molecular complexity index is 402. The van der Waals surface area contributed by atoms with Crippen LogP contribution in [0.15, 0.2) is 24.3 Å². The predicted molar refractivity (Wildman–Crippen MR) is 61.6 cm³/mol. The molecule has 0 aliphatic heterocycles. The molecule has 0 aromatic heterocycles. The van der Waals surface area contributed by atoms with Crippen molar-refractivity contribution in [3.8, 4) is 0 Å². The Labute approximate surface area is 95.1 Å². The lowest BCUT2D eigenvalue weighted by atomic mass is 9.84. The number of benzene rings is 1. The van der Waals surface area contributed by atoms with Crippen molar-refractivity contribution in [2.75, 3.05) is 0 Å². The third-order valence-electron chi connectivity index (χ3n) is 2.73. The molecule has 16 heavy (non-hydrogen) atoms. The lowest BCUT2D eigenvalue weighted by Crippen LogP contribution is -2.33. The lowest BCUT2D eigenvalue weighted by Gasteiger charge is -2.17. The van der Waals surface area contributed by atoms with Gasteiger partial charge in [0.2, 0.25) is 0 Å². The van der Waals surface area contributed by atoms with Crippen molar-refractivity contribution in [1.82, 2.24) is 0 Å². The van der Waals surface area contributed by atoms with Gasteiger partial charge in [0, 0.05) is 5.56 Å². The highest BCUT2D eigenvalue weighted by atomic mass is 16.4. The van der Waals surface area contributed by atoms with E-state index >= 15 is 0 Å². The summed E-state index contributed by atoms with van der Waals surface area (Å²) in [7, 11) is 0. The zero-order valence-corrected chi connectivity index (χ0v) is 9.78. The van der Waals surface area contributed by atoms with Gasteiger partial charge in [-0.05, 0) is 25.8 Å². The number of carbonyl (C=O) groups excluding carboxylic acids is 1. The smallest absolute Gasteiger partial charge is 0.316 e. The number of rotatable bonds is 4. The summed E-state index contributed by atoms with van der Waals surface area (Å²) in [4.78, 5) is 22.9. The van der Waals surface area contributed by atoms with Crippen molar-refractivity contribution in [3.63, 3.8) is 0 Å². The van der Waals surface area contributed by atoms with Crippen molar-refractivity contribution >= 4 is 11.8 Å². The first-order valence-corrected chi connectivity index (χ1v) is 5.26. The van der Waals surface area contributed by atoms with Gasteiger partial charge in [0.05, 0.1) is 0 Å². The largest absolute Gasteiger partial charge is 0.481 e. The molecular formula is C13H16O3. The molecule has 1 aromatic carbocycles. The Morgan fingerprint density at radius 1 is 1.19 bits per heavy atom. The molecule has 0 saturated heterocycles. The summed E-state index contributed by atoms with van der Waals surface area (Å²) >= 11 is 0. The fraction of sp³-hybridized carbons (Fsp3) is 0.385. The SMILES string of the molecule is CCc1ccc(C(=O)C(C)(C)C(=O)O)cc1. The van der Waals surface area contributed by atoms with E-state index < -0.39 is 11.4 Å². The number of carbonyl (C=O) groups is 2. The third-order valence-corrected chi connectivity index (χ3v) is 2.73. The topological polar surface area (TPSA) is 54.4 Å². The van der Waals surface area contributed by atoms with Crippen LogP contribution in [0.5, 0.6) is 0 Å². The minimum absolute atomic E-state index is 0.359. The van der Waals surface area contributed by atoms with Gasteiger partial charge in [0.1, 0.15) is 5.41 Å². The van der Waals surface area contributed by atoms with Crippen molar-refractivity contribution in [2.24, 2.45) is 5.41 Å². The monoisotopic (exact) mass is 220 g/mol. The van der Waals surface area contributed by atoms with Crippen LogP contribution in [0.25, 0.3) is 0 Å². The van der Waals surface area contributed by atoms with Gasteiger partial charge in [-0.15, -0.1) is 0 Å². The van der Waals surface area contributed by atoms with Crippen LogP contribution in [0.4, 0.5) is 0 Å². The second-order valence-electron chi connectivity index (χ2n) is 4.31. The number of carboxylic acid groups (broad SMARTS) is 1. The molecule has 0 radical (unpaired) electrons. The van der Waals surface area contributed by atoms with Crippen LogP contribution in [0.2, 0.25) is 0 Å². The molecule has 0 fully saturated rings. The van der Waals surface area contributed by atoms with E-state index in [4.69, 9.17) is 5.11 Å². The molecule has 0 heterocycles. The fourth-order valence-electron chi connectivity index (χ4n) is 1.35. The highest BCUT2D eigenvalue weighted by molar-refractivity contribution is 6.11. The van der Waals surface area contributed by atoms with Gasteiger partial charge in [0.25, 0.3) is 0 Å². The van der Waals surface area contributed by atoms with E-state index in [1.54, 1.807) is 12.1 Å². The van der Waals surface area contributed by atoms with Gasteiger partial charge in [-0.25, -0.2) is 0 Å². The van der Waals surface area contributed by atoms with Crippen LogP contribution in [0, 0.1) is 5.41 Å². The molecule has 0 bridgehead atoms. The Hall–Kier alpha value is -1.64. The molecular weight excluding hydrogens is 204 g/mol. The van der Waals surface area contributed by atoms with E-state index in [0.29, 0.717) is 5.56 Å². The van der Waals surface area contributed by atoms with Crippen LogP contribution in [-0.2, 0) is 11.2 Å². The second kappa shape index (κ2) is 4.47. The van der Waals surface area contributed by atoms with Gasteiger partial charge in [0.15, 0.2) is 5.78 Å². The lowest BCUT2D eigenvalue weighted by molar-refractivity contribution is -0.144. The van der Waals surface area contributed by atoms with E-state index in [-0.39, 0.29) is 5.78 Å². The predicted octanol–water partition coefficient (Wildman–Crippen LogP) is 2.54. The van der Waals surface area contributed by atoms with Gasteiger partial charge in [-0.3, -0.25) is 9.59 Å². The number of Topliss-reactive ketones (excluding diaryl/α,β-unsaturated/α-hetero) is 1. The van der Waals surface area contributed by atoms with Crippen LogP contribution in [0.3, 0.4) is 0 Å². The quantitative estimate of drug-likeness (QED) is 0.626. The first-order chi connectivity index (χ1) is 7.39. The minimum Gasteiger partial charge on any atom is -0.481 e. The summed E-state index contributed by atoms with van der Waals surface area (Å²) in [5.74, 6) is -1.46. The van der Waals surface area contributed by atoms with Crippen molar-refractivity contribution in [3.05, 3.63) is 35.4 Å². The number of ketones is 1. The zero-order chi connectivity index (χ0) is 12.3. The molecule has 0 atom stereocenters. The van der Waals surface area contributed by atoms with Gasteiger partial charge in [-0.1, -0.05) is 31.2 Å². The van der Waals surface area contributed by atoms with E-state index in [9.17, 15) is 9.59 Å². The van der Waals surface area contributed by atoms with Crippen LogP contribution in [0.1, 0.15) is 36.7 Å². The Kier molecular flexibility index (Phi) is 3.48. The molecule has 0 saturated carbocycles. The Morgan fingerprint density at radius 2 is 1.69 bits per heavy atom. The first-order valence-electron chi connectivity index (χ1n) is 5.26. The van der Waals surface area contributed by atoms with Crippen LogP contribution >= 0.6 is 0 Å². The van der Waals surface area contributed by atoms with E-state index in [0.717, 1.165) is 12.0 Å². The van der Waals surface area contributed by atoms with Crippen molar-refractivity contribution < 1.29 is 14.7 Å². The summed E-state index contributed by atoms with van der Waals surface area (Å²) in [6.45, 7) is 4.87. The summed E-state index contributed by atoms with van der Waals surface area (Å²) < 4.78 is 0. The minimum atomic E-state index is -1.37. The van der Waals surface area contributed by atoms with E-state index in [2.05, 4.69) is 0 Å². The number of aryl methyl sites for hydroxylation is 1.